The predicted molar refractivity (Wildman–Crippen MR) is 91.5 cm³/mol. The molecule has 0 spiro atoms. The zero-order valence-corrected chi connectivity index (χ0v) is 14.4. The van der Waals surface area contributed by atoms with Gasteiger partial charge < -0.3 is 10.6 Å². The molecule has 2 aromatic rings. The zero-order valence-electron chi connectivity index (χ0n) is 12.0. The Balaban J connectivity index is 0.00000192. The summed E-state index contributed by atoms with van der Waals surface area (Å²) in [5, 5.41) is 0. The Morgan fingerprint density at radius 3 is 2.35 bits per heavy atom. The molecule has 0 radical (unpaired) electrons. The number of hydrogen-bond donors (Lipinski definition) is 1. The van der Waals surface area contributed by atoms with Crippen molar-refractivity contribution in [3.63, 3.8) is 0 Å². The van der Waals surface area contributed by atoms with Gasteiger partial charge in [-0.15, -0.1) is 12.4 Å². The van der Waals surface area contributed by atoms with Crippen molar-refractivity contribution in [1.82, 2.24) is 0 Å². The van der Waals surface area contributed by atoms with Gasteiger partial charge in [0.15, 0.2) is 0 Å². The number of nitrogens with two attached hydrogens (primary N) is 1. The first-order chi connectivity index (χ1) is 10.4. The Kier molecular flexibility index (Phi) is 5.28. The molecule has 0 fully saturated rings. The van der Waals surface area contributed by atoms with E-state index in [1.165, 1.54) is 12.1 Å². The zero-order chi connectivity index (χ0) is 15.9. The number of nitrogens with zero attached hydrogens (tertiary/aromatic N) is 1. The van der Waals surface area contributed by atoms with Gasteiger partial charge in [0, 0.05) is 28.4 Å². The molecule has 3 rings (SSSR count). The van der Waals surface area contributed by atoms with E-state index in [2.05, 4.69) is 15.9 Å². The van der Waals surface area contributed by atoms with Crippen molar-refractivity contribution < 1.29 is 13.2 Å². The number of alkyl halides is 3. The molecule has 1 aliphatic heterocycles. The molecule has 124 valence electrons. The lowest BCUT2D eigenvalue weighted by Crippen LogP contribution is -2.41. The van der Waals surface area contributed by atoms with Gasteiger partial charge in [-0.2, -0.15) is 13.2 Å². The van der Waals surface area contributed by atoms with Crippen LogP contribution in [-0.2, 0) is 12.6 Å². The first-order valence-electron chi connectivity index (χ1n) is 6.84. The molecule has 0 aliphatic carbocycles. The van der Waals surface area contributed by atoms with Crippen LogP contribution in [-0.4, -0.2) is 12.6 Å². The van der Waals surface area contributed by atoms with Gasteiger partial charge in [0.2, 0.25) is 0 Å². The van der Waals surface area contributed by atoms with Crippen molar-refractivity contribution in [3.05, 3.63) is 58.1 Å². The maximum Gasteiger partial charge on any atom is 0.416 e. The SMILES string of the molecule is Cl.NC1Cc2c(Br)cccc2N(c2ccc(C(F)(F)F)cc2)C1. The van der Waals surface area contributed by atoms with E-state index in [0.29, 0.717) is 12.2 Å². The normalized spacial score (nSPS) is 17.4. The van der Waals surface area contributed by atoms with E-state index in [9.17, 15) is 13.2 Å². The highest BCUT2D eigenvalue weighted by atomic mass is 79.9. The average molecular weight is 408 g/mol. The Labute approximate surface area is 147 Å². The fourth-order valence-corrected chi connectivity index (χ4v) is 3.25. The molecule has 1 aliphatic rings. The third-order valence-corrected chi connectivity index (χ3v) is 4.52. The lowest BCUT2D eigenvalue weighted by atomic mass is 9.97. The minimum Gasteiger partial charge on any atom is -0.340 e. The fraction of sp³-hybridized carbons (Fsp3) is 0.250. The van der Waals surface area contributed by atoms with Crippen molar-refractivity contribution in [2.24, 2.45) is 5.73 Å². The molecular weight excluding hydrogens is 393 g/mol. The number of benzene rings is 2. The van der Waals surface area contributed by atoms with Crippen molar-refractivity contribution >= 4 is 39.7 Å². The molecule has 1 unspecified atom stereocenters. The van der Waals surface area contributed by atoms with Gasteiger partial charge in [-0.3, -0.25) is 0 Å². The van der Waals surface area contributed by atoms with E-state index in [-0.39, 0.29) is 18.4 Å². The monoisotopic (exact) mass is 406 g/mol. The molecule has 0 bridgehead atoms. The standard InChI is InChI=1S/C16H14BrF3N2.ClH/c17-14-2-1-3-15-13(14)8-11(21)9-22(15)12-6-4-10(5-7-12)16(18,19)20;/h1-7,11H,8-9,21H2;1H. The third-order valence-electron chi connectivity index (χ3n) is 3.77. The van der Waals surface area contributed by atoms with Crippen molar-refractivity contribution in [3.8, 4) is 0 Å². The van der Waals surface area contributed by atoms with E-state index >= 15 is 0 Å². The van der Waals surface area contributed by atoms with Gasteiger partial charge >= 0.3 is 6.18 Å². The highest BCUT2D eigenvalue weighted by molar-refractivity contribution is 9.10. The van der Waals surface area contributed by atoms with Crippen molar-refractivity contribution in [2.45, 2.75) is 18.6 Å². The van der Waals surface area contributed by atoms with Gasteiger partial charge in [0.05, 0.1) is 5.56 Å². The molecule has 1 atom stereocenters. The lowest BCUT2D eigenvalue weighted by molar-refractivity contribution is -0.137. The molecule has 0 aromatic heterocycles. The second-order valence-electron chi connectivity index (χ2n) is 5.36. The van der Waals surface area contributed by atoms with Crippen LogP contribution in [0.1, 0.15) is 11.1 Å². The highest BCUT2D eigenvalue weighted by Crippen LogP contribution is 2.38. The van der Waals surface area contributed by atoms with Gasteiger partial charge in [0.1, 0.15) is 0 Å². The quantitative estimate of drug-likeness (QED) is 0.728. The van der Waals surface area contributed by atoms with Crippen LogP contribution in [0.3, 0.4) is 0 Å². The van der Waals surface area contributed by atoms with Crippen LogP contribution in [0.4, 0.5) is 24.5 Å². The smallest absolute Gasteiger partial charge is 0.340 e. The molecule has 0 amide bonds. The second kappa shape index (κ2) is 6.71. The second-order valence-corrected chi connectivity index (χ2v) is 6.21. The maximum atomic E-state index is 12.7. The summed E-state index contributed by atoms with van der Waals surface area (Å²) < 4.78 is 39.0. The minimum absolute atomic E-state index is 0. The summed E-state index contributed by atoms with van der Waals surface area (Å²) in [4.78, 5) is 1.97. The van der Waals surface area contributed by atoms with Crippen LogP contribution in [0.15, 0.2) is 46.9 Å². The van der Waals surface area contributed by atoms with Crippen molar-refractivity contribution in [2.75, 3.05) is 11.4 Å². The van der Waals surface area contributed by atoms with Crippen LogP contribution >= 0.6 is 28.3 Å². The summed E-state index contributed by atoms with van der Waals surface area (Å²) in [6, 6.07) is 11.0. The number of hydrogen-bond acceptors (Lipinski definition) is 2. The van der Waals surface area contributed by atoms with Gasteiger partial charge in [0.25, 0.3) is 0 Å². The van der Waals surface area contributed by atoms with Crippen molar-refractivity contribution in [1.29, 1.82) is 0 Å². The van der Waals surface area contributed by atoms with E-state index in [4.69, 9.17) is 5.73 Å². The summed E-state index contributed by atoms with van der Waals surface area (Å²) >= 11 is 3.52. The minimum atomic E-state index is -4.32. The number of rotatable bonds is 1. The largest absolute Gasteiger partial charge is 0.416 e. The summed E-state index contributed by atoms with van der Waals surface area (Å²) in [5.41, 5.74) is 8.23. The highest BCUT2D eigenvalue weighted by Gasteiger charge is 2.31. The number of halogens is 5. The van der Waals surface area contributed by atoms with Gasteiger partial charge in [-0.1, -0.05) is 22.0 Å². The van der Waals surface area contributed by atoms with Crippen LogP contribution < -0.4 is 10.6 Å². The Morgan fingerprint density at radius 2 is 1.74 bits per heavy atom. The van der Waals surface area contributed by atoms with E-state index in [1.807, 2.05) is 23.1 Å². The predicted octanol–water partition coefficient (Wildman–Crippen LogP) is 4.91. The fourth-order valence-electron chi connectivity index (χ4n) is 2.74. The van der Waals surface area contributed by atoms with Crippen LogP contribution in [0.25, 0.3) is 0 Å². The lowest BCUT2D eigenvalue weighted by Gasteiger charge is -2.35. The Morgan fingerprint density at radius 1 is 1.09 bits per heavy atom. The molecule has 2 N–H and O–H groups in total. The molecule has 7 heteroatoms. The van der Waals surface area contributed by atoms with E-state index in [0.717, 1.165) is 34.3 Å². The number of anilines is 2. The first-order valence-corrected chi connectivity index (χ1v) is 7.63. The Hall–Kier alpha value is -1.24. The first kappa shape index (κ1) is 18.1. The molecule has 2 aromatic carbocycles. The molecular formula is C16H15BrClF3N2. The van der Waals surface area contributed by atoms with Crippen LogP contribution in [0.5, 0.6) is 0 Å². The van der Waals surface area contributed by atoms with Gasteiger partial charge in [-0.25, -0.2) is 0 Å². The third kappa shape index (κ3) is 3.65. The molecule has 2 nitrogen and oxygen atoms in total. The average Bonchev–Trinajstić information content (AvgIpc) is 2.47. The maximum absolute atomic E-state index is 12.7. The topological polar surface area (TPSA) is 29.3 Å². The van der Waals surface area contributed by atoms with E-state index in [1.54, 1.807) is 0 Å². The number of fused-ring (bicyclic) bond motifs is 1. The van der Waals surface area contributed by atoms with Crippen LogP contribution in [0, 0.1) is 0 Å². The summed E-state index contributed by atoms with van der Waals surface area (Å²) in [6.45, 7) is 0.578. The Bertz CT molecular complexity index is 689. The van der Waals surface area contributed by atoms with Gasteiger partial charge in [-0.05, 0) is 48.4 Å². The molecule has 0 saturated carbocycles. The summed E-state index contributed by atoms with van der Waals surface area (Å²) in [6.07, 6.45) is -3.58. The molecule has 1 heterocycles. The molecule has 23 heavy (non-hydrogen) atoms. The van der Waals surface area contributed by atoms with Crippen LogP contribution in [0.2, 0.25) is 0 Å². The molecule has 0 saturated heterocycles. The summed E-state index contributed by atoms with van der Waals surface area (Å²) in [5.74, 6) is 0. The summed E-state index contributed by atoms with van der Waals surface area (Å²) in [7, 11) is 0. The van der Waals surface area contributed by atoms with E-state index < -0.39 is 11.7 Å².